The SMILES string of the molecule is CCC1[N-]C(=S)N(C)C1=O.[Rb+]. The number of likely N-dealkylation sites (N-methyl/N-ethyl adjacent to an activating group) is 1. The molecule has 56 valence electrons. The van der Waals surface area contributed by atoms with E-state index in [1.54, 1.807) is 7.05 Å². The molecular weight excluding hydrogens is 234 g/mol. The molecule has 5 heteroatoms. The predicted molar refractivity (Wildman–Crippen MR) is 42.8 cm³/mol. The van der Waals surface area contributed by atoms with Crippen LogP contribution in [0.4, 0.5) is 0 Å². The van der Waals surface area contributed by atoms with Crippen LogP contribution in [0, 0.1) is 0 Å². The topological polar surface area (TPSA) is 34.4 Å². The molecule has 0 N–H and O–H groups in total. The van der Waals surface area contributed by atoms with Crippen molar-refractivity contribution in [3.05, 3.63) is 5.32 Å². The van der Waals surface area contributed by atoms with Gasteiger partial charge in [0.2, 0.25) is 0 Å². The van der Waals surface area contributed by atoms with Crippen molar-refractivity contribution in [3.8, 4) is 0 Å². The number of carbonyl (C=O) groups is 1. The quantitative estimate of drug-likeness (QED) is 0.494. The van der Waals surface area contributed by atoms with Crippen LogP contribution >= 0.6 is 12.2 Å². The Kier molecular flexibility index (Phi) is 5.55. The van der Waals surface area contributed by atoms with Crippen molar-refractivity contribution >= 4 is 23.2 Å². The van der Waals surface area contributed by atoms with Gasteiger partial charge in [-0.25, -0.2) is 0 Å². The van der Waals surface area contributed by atoms with Crippen molar-refractivity contribution in [2.75, 3.05) is 7.05 Å². The summed E-state index contributed by atoms with van der Waals surface area (Å²) in [5, 5.41) is 4.39. The van der Waals surface area contributed by atoms with Gasteiger partial charge >= 0.3 is 58.2 Å². The Labute approximate surface area is 121 Å². The molecule has 1 aliphatic heterocycles. The molecule has 1 saturated heterocycles. The van der Waals surface area contributed by atoms with Crippen molar-refractivity contribution in [1.29, 1.82) is 0 Å². The molecule has 1 atom stereocenters. The molecule has 1 fully saturated rings. The molecule has 0 aromatic heterocycles. The molecule has 0 aliphatic carbocycles. The largest absolute Gasteiger partial charge is 1.00 e. The minimum Gasteiger partial charge on any atom is -0.445 e. The minimum atomic E-state index is -0.211. The van der Waals surface area contributed by atoms with Gasteiger partial charge in [0.25, 0.3) is 0 Å². The second kappa shape index (κ2) is 5.02. The van der Waals surface area contributed by atoms with E-state index in [4.69, 9.17) is 12.2 Å². The van der Waals surface area contributed by atoms with E-state index in [9.17, 15) is 4.79 Å². The minimum absolute atomic E-state index is 0. The van der Waals surface area contributed by atoms with Gasteiger partial charge in [0.15, 0.2) is 0 Å². The van der Waals surface area contributed by atoms with Crippen molar-refractivity contribution in [3.63, 3.8) is 0 Å². The molecular formula is C6H9N2ORbS. The van der Waals surface area contributed by atoms with Crippen molar-refractivity contribution in [1.82, 2.24) is 4.90 Å². The monoisotopic (exact) mass is 242 g/mol. The standard InChI is InChI=1S/C6H10N2OS.Rb/c1-3-4-5(9)8(2)6(10)7-4;/h4H,3H2,1-2H3,(H,7,10);/q;+1/p-1. The molecule has 1 amide bonds. The number of hydrogen-bond donors (Lipinski definition) is 0. The normalized spacial score (nSPS) is 23.1. The van der Waals surface area contributed by atoms with E-state index in [2.05, 4.69) is 5.32 Å². The fraction of sp³-hybridized carbons (Fsp3) is 0.667. The molecule has 0 radical (unpaired) electrons. The van der Waals surface area contributed by atoms with Crippen molar-refractivity contribution < 1.29 is 63.0 Å². The summed E-state index contributed by atoms with van der Waals surface area (Å²) in [5.41, 5.74) is 0. The first-order chi connectivity index (χ1) is 4.66. The molecule has 11 heavy (non-hydrogen) atoms. The summed E-state index contributed by atoms with van der Waals surface area (Å²) in [5.74, 6) is 0.0208. The summed E-state index contributed by atoms with van der Waals surface area (Å²) >= 11 is 4.80. The molecule has 0 saturated carbocycles. The molecule has 1 heterocycles. The molecule has 3 nitrogen and oxygen atoms in total. The first-order valence-electron chi connectivity index (χ1n) is 3.19. The maximum atomic E-state index is 11.1. The summed E-state index contributed by atoms with van der Waals surface area (Å²) in [6, 6.07) is -0.211. The zero-order valence-corrected chi connectivity index (χ0v) is 12.7. The van der Waals surface area contributed by atoms with Crippen LogP contribution in [0.5, 0.6) is 0 Å². The second-order valence-corrected chi connectivity index (χ2v) is 2.60. The zero-order chi connectivity index (χ0) is 7.72. The van der Waals surface area contributed by atoms with Gasteiger partial charge in [-0.1, -0.05) is 26.2 Å². The average molecular weight is 243 g/mol. The Hall–Kier alpha value is 1.17. The molecule has 0 aromatic carbocycles. The third-order valence-corrected chi connectivity index (χ3v) is 1.93. The number of nitrogens with zero attached hydrogens (tertiary/aromatic N) is 2. The van der Waals surface area contributed by atoms with Gasteiger partial charge in [-0.2, -0.15) is 0 Å². The maximum Gasteiger partial charge on any atom is 1.00 e. The van der Waals surface area contributed by atoms with Gasteiger partial charge in [0.05, 0.1) is 0 Å². The molecule has 0 bridgehead atoms. The van der Waals surface area contributed by atoms with Gasteiger partial charge in [-0.05, 0) is 6.42 Å². The van der Waals surface area contributed by atoms with Crippen molar-refractivity contribution in [2.24, 2.45) is 0 Å². The van der Waals surface area contributed by atoms with Crippen LogP contribution in [-0.2, 0) is 4.79 Å². The molecule has 1 aliphatic rings. The van der Waals surface area contributed by atoms with Gasteiger partial charge in [-0.3, -0.25) is 4.79 Å². The van der Waals surface area contributed by atoms with E-state index < -0.39 is 0 Å². The van der Waals surface area contributed by atoms with E-state index in [1.165, 1.54) is 4.90 Å². The fourth-order valence-corrected chi connectivity index (χ4v) is 1.08. The third-order valence-electron chi connectivity index (χ3n) is 1.56. The summed E-state index contributed by atoms with van der Waals surface area (Å²) in [6.45, 7) is 1.92. The molecule has 1 unspecified atom stereocenters. The molecule has 1 rings (SSSR count). The van der Waals surface area contributed by atoms with E-state index >= 15 is 0 Å². The summed E-state index contributed by atoms with van der Waals surface area (Å²) in [7, 11) is 1.66. The first kappa shape index (κ1) is 12.2. The van der Waals surface area contributed by atoms with E-state index in [-0.39, 0.29) is 70.1 Å². The molecule has 0 aromatic rings. The van der Waals surface area contributed by atoms with Gasteiger partial charge in [0.1, 0.15) is 5.91 Å². The van der Waals surface area contributed by atoms with Crippen LogP contribution in [0.1, 0.15) is 13.3 Å². The predicted octanol–water partition coefficient (Wildman–Crippen LogP) is -2.10. The van der Waals surface area contributed by atoms with Gasteiger partial charge in [0, 0.05) is 11.2 Å². The van der Waals surface area contributed by atoms with Crippen LogP contribution in [0.25, 0.3) is 5.32 Å². The molecule has 0 spiro atoms. The number of rotatable bonds is 1. The van der Waals surface area contributed by atoms with Gasteiger partial charge in [-0.15, -0.1) is 0 Å². The number of thiocarbonyl (C=S) groups is 1. The van der Waals surface area contributed by atoms with Crippen LogP contribution in [0.2, 0.25) is 0 Å². The average Bonchev–Trinajstić information content (AvgIpc) is 2.17. The van der Waals surface area contributed by atoms with Crippen LogP contribution in [0.3, 0.4) is 0 Å². The Morgan fingerprint density at radius 2 is 2.27 bits per heavy atom. The Balaban J connectivity index is 0.000001000. The number of carbonyl (C=O) groups excluding carboxylic acids is 1. The summed E-state index contributed by atoms with van der Waals surface area (Å²) in [4.78, 5) is 12.5. The smallest absolute Gasteiger partial charge is 0.445 e. The van der Waals surface area contributed by atoms with E-state index in [1.807, 2.05) is 6.92 Å². The summed E-state index contributed by atoms with van der Waals surface area (Å²) in [6.07, 6.45) is 0.739. The van der Waals surface area contributed by atoms with Crippen LogP contribution in [0.15, 0.2) is 0 Å². The fourth-order valence-electron chi connectivity index (χ4n) is 0.859. The zero-order valence-electron chi connectivity index (χ0n) is 7.00. The number of amides is 1. The van der Waals surface area contributed by atoms with Crippen LogP contribution in [-0.4, -0.2) is 29.0 Å². The summed E-state index contributed by atoms with van der Waals surface area (Å²) < 4.78 is 0. The second-order valence-electron chi connectivity index (χ2n) is 2.23. The Morgan fingerprint density at radius 3 is 2.45 bits per heavy atom. The third kappa shape index (κ3) is 2.55. The van der Waals surface area contributed by atoms with Gasteiger partial charge < -0.3 is 10.2 Å². The first-order valence-corrected chi connectivity index (χ1v) is 3.60. The Morgan fingerprint density at radius 1 is 1.73 bits per heavy atom. The number of hydrogen-bond acceptors (Lipinski definition) is 2. The van der Waals surface area contributed by atoms with Crippen LogP contribution < -0.4 is 58.2 Å². The van der Waals surface area contributed by atoms with Crippen molar-refractivity contribution in [2.45, 2.75) is 19.4 Å². The van der Waals surface area contributed by atoms with E-state index in [0.717, 1.165) is 6.42 Å². The Bertz CT molecular complexity index is 185. The maximum absolute atomic E-state index is 11.1. The van der Waals surface area contributed by atoms with E-state index in [0.29, 0.717) is 5.11 Å².